The molecule has 556 valence electrons. The lowest BCUT2D eigenvalue weighted by atomic mass is 10.1. The lowest BCUT2D eigenvalue weighted by Gasteiger charge is -2.26. The van der Waals surface area contributed by atoms with Gasteiger partial charge >= 0.3 is 6.09 Å². The Morgan fingerprint density at radius 2 is 0.765 bits per heavy atom. The van der Waals surface area contributed by atoms with Crippen LogP contribution in [0.1, 0.15) is 172 Å². The summed E-state index contributed by atoms with van der Waals surface area (Å²) < 4.78 is 50.6. The molecule has 7 aromatic carbocycles. The average molecular weight is 1400 g/mol. The van der Waals surface area contributed by atoms with Crippen LogP contribution in [0.5, 0.6) is 51.7 Å². The number of para-hydroxylation sites is 9. The van der Waals surface area contributed by atoms with Crippen LogP contribution in [0.25, 0.3) is 0 Å². The highest BCUT2D eigenvalue weighted by Gasteiger charge is 2.21. The van der Waals surface area contributed by atoms with Crippen molar-refractivity contribution in [2.75, 3.05) is 65.6 Å². The fourth-order valence-corrected chi connectivity index (χ4v) is 10.4. The Kier molecular flexibility index (Phi) is 38.0. The molecule has 2 fully saturated rings. The second-order valence-electron chi connectivity index (χ2n) is 27.2. The number of alkyl carbamates (subject to hydrolysis) is 1. The fraction of sp³-hybridized carbons (Fsp3) is 0.464. The second kappa shape index (κ2) is 46.4. The number of likely N-dealkylation sites (tertiary alicyclic amines) is 2. The number of amides is 3. The van der Waals surface area contributed by atoms with Gasteiger partial charge in [0.15, 0.2) is 46.0 Å². The molecule has 102 heavy (non-hydrogen) atoms. The van der Waals surface area contributed by atoms with Gasteiger partial charge in [0.05, 0.1) is 43.7 Å². The van der Waals surface area contributed by atoms with Gasteiger partial charge in [0.1, 0.15) is 24.6 Å². The van der Waals surface area contributed by atoms with Crippen LogP contribution in [-0.2, 0) is 17.8 Å². The number of nitrogens with zero attached hydrogens (tertiary/aromatic N) is 2. The molecule has 0 aliphatic carbocycles. The van der Waals surface area contributed by atoms with Gasteiger partial charge in [-0.1, -0.05) is 91.0 Å². The summed E-state index contributed by atoms with van der Waals surface area (Å²) in [5.74, 6) is 6.51. The minimum atomic E-state index is -0.497. The van der Waals surface area contributed by atoms with Gasteiger partial charge in [-0.2, -0.15) is 0 Å². The maximum absolute atomic E-state index is 12.7. The first-order valence-corrected chi connectivity index (χ1v) is 36.4. The van der Waals surface area contributed by atoms with Crippen molar-refractivity contribution in [3.05, 3.63) is 198 Å². The van der Waals surface area contributed by atoms with Crippen LogP contribution in [0.3, 0.4) is 0 Å². The molecule has 0 radical (unpaired) electrons. The Bertz CT molecular complexity index is 3450. The molecule has 7 aromatic rings. The van der Waals surface area contributed by atoms with E-state index in [0.29, 0.717) is 56.7 Å². The Hall–Kier alpha value is -9.13. The van der Waals surface area contributed by atoms with Crippen molar-refractivity contribution in [2.45, 2.75) is 191 Å². The summed E-state index contributed by atoms with van der Waals surface area (Å²) in [4.78, 5) is 40.8. The zero-order chi connectivity index (χ0) is 74.1. The maximum atomic E-state index is 12.7. The van der Waals surface area contributed by atoms with E-state index < -0.39 is 11.7 Å². The first-order valence-electron chi connectivity index (χ1n) is 36.4. The largest absolute Gasteiger partial charge is 0.504 e. The lowest BCUT2D eigenvalue weighted by molar-refractivity contribution is 0.0519. The quantitative estimate of drug-likeness (QED) is 0.0323. The lowest BCUT2D eigenvalue weighted by Crippen LogP contribution is -2.35. The Morgan fingerprint density at radius 3 is 1.18 bits per heavy atom. The minimum Gasteiger partial charge on any atom is -0.504 e. The molecular weight excluding hydrogens is 1290 g/mol. The van der Waals surface area contributed by atoms with Gasteiger partial charge in [-0.05, 0) is 244 Å². The van der Waals surface area contributed by atoms with Crippen molar-refractivity contribution >= 4 is 17.9 Å². The van der Waals surface area contributed by atoms with Crippen LogP contribution in [0.15, 0.2) is 170 Å². The molecule has 2 saturated heterocycles. The number of phenols is 1. The van der Waals surface area contributed by atoms with Crippen molar-refractivity contribution in [1.82, 2.24) is 25.8 Å². The van der Waals surface area contributed by atoms with Gasteiger partial charge in [0.2, 0.25) is 0 Å². The van der Waals surface area contributed by atoms with Gasteiger partial charge in [-0.3, -0.25) is 9.59 Å². The Balaban J connectivity index is 0.000000242. The molecule has 2 aliphatic rings. The smallest absolute Gasteiger partial charge is 0.407 e. The number of carbonyl (C=O) groups excluding carboxylic acids is 3. The zero-order valence-electron chi connectivity index (χ0n) is 63.2. The highest BCUT2D eigenvalue weighted by Crippen LogP contribution is 2.31. The third-order valence-corrected chi connectivity index (χ3v) is 14.9. The number of hydrogen-bond acceptors (Lipinski definition) is 15. The summed E-state index contributed by atoms with van der Waals surface area (Å²) in [7, 11) is 0. The summed E-state index contributed by atoms with van der Waals surface area (Å²) in [5.41, 5.74) is 4.51. The second-order valence-corrected chi connectivity index (χ2v) is 27.2. The number of phenolic OH excluding ortho intramolecular Hbond substituents is 1. The van der Waals surface area contributed by atoms with Crippen LogP contribution >= 0.6 is 0 Å². The van der Waals surface area contributed by atoms with E-state index in [2.05, 4.69) is 35.0 Å². The van der Waals surface area contributed by atoms with E-state index in [4.69, 9.17) is 42.6 Å². The summed E-state index contributed by atoms with van der Waals surface area (Å²) in [6.45, 7) is 35.8. The molecule has 0 bridgehead atoms. The summed E-state index contributed by atoms with van der Waals surface area (Å²) in [6.07, 6.45) is 8.02. The topological polar surface area (TPSA) is 197 Å². The predicted octanol–water partition coefficient (Wildman–Crippen LogP) is 17.3. The fourth-order valence-electron chi connectivity index (χ4n) is 10.4. The molecule has 2 aliphatic heterocycles. The van der Waals surface area contributed by atoms with Gasteiger partial charge in [-0.25, -0.2) is 4.79 Å². The molecule has 0 saturated carbocycles. The van der Waals surface area contributed by atoms with Crippen LogP contribution < -0.4 is 53.8 Å². The minimum absolute atomic E-state index is 0.0784. The van der Waals surface area contributed by atoms with Crippen molar-refractivity contribution in [1.29, 1.82) is 0 Å². The maximum Gasteiger partial charge on any atom is 0.407 e. The van der Waals surface area contributed by atoms with Gasteiger partial charge in [-0.15, -0.1) is 0 Å². The number of aromatic hydroxyl groups is 1. The number of nitrogens with one attached hydrogen (secondary N) is 3. The number of carbonyl (C=O) groups is 3. The van der Waals surface area contributed by atoms with E-state index in [1.54, 1.807) is 18.2 Å². The number of hydrogen-bond donors (Lipinski definition) is 4. The van der Waals surface area contributed by atoms with Crippen LogP contribution in [0.4, 0.5) is 4.79 Å². The van der Waals surface area contributed by atoms with Crippen LogP contribution in [0, 0.1) is 6.92 Å². The number of rotatable bonds is 29. The van der Waals surface area contributed by atoms with E-state index in [-0.39, 0.29) is 48.1 Å². The van der Waals surface area contributed by atoms with Crippen LogP contribution in [0.2, 0.25) is 0 Å². The van der Waals surface area contributed by atoms with Crippen molar-refractivity contribution in [3.63, 3.8) is 0 Å². The summed E-state index contributed by atoms with van der Waals surface area (Å²) in [5, 5.41) is 18.7. The molecule has 18 heteroatoms. The van der Waals surface area contributed by atoms with Crippen molar-refractivity contribution in [3.8, 4) is 51.7 Å². The molecule has 3 amide bonds. The molecule has 0 atom stereocenters. The Labute approximate surface area is 609 Å². The molecule has 0 aromatic heterocycles. The zero-order valence-corrected chi connectivity index (χ0v) is 63.2. The van der Waals surface area contributed by atoms with E-state index in [9.17, 15) is 19.5 Å². The van der Waals surface area contributed by atoms with Crippen molar-refractivity contribution in [2.24, 2.45) is 0 Å². The van der Waals surface area contributed by atoms with Crippen LogP contribution in [-0.4, -0.2) is 135 Å². The Morgan fingerprint density at radius 1 is 0.412 bits per heavy atom. The molecule has 18 nitrogen and oxygen atoms in total. The number of aryl methyl sites for hydroxylation is 1. The third kappa shape index (κ3) is 34.0. The summed E-state index contributed by atoms with van der Waals surface area (Å²) >= 11 is 0. The normalized spacial score (nSPS) is 12.6. The van der Waals surface area contributed by atoms with E-state index in [0.717, 1.165) is 122 Å². The SMILES string of the molecule is CC(C)Oc1ccccc1O.CC(C)Oc1ccccc1OCCCNCc1cccc(C(=O)N2CCCCC2)c1.CC(C)Oc1ccccc1OCCNC(=O)OC(C)(C)C.CC(C)Oc1ccccc1OCCNCc1cccc(C(=O)N2CCCCC2)c1.Cc1ccccc1OC(C)C. The highest BCUT2D eigenvalue weighted by molar-refractivity contribution is 5.95. The van der Waals surface area contributed by atoms with E-state index in [1.807, 2.05) is 239 Å². The molecule has 0 spiro atoms. The van der Waals surface area contributed by atoms with E-state index >= 15 is 0 Å². The van der Waals surface area contributed by atoms with Gasteiger partial charge in [0.25, 0.3) is 11.8 Å². The monoisotopic (exact) mass is 1400 g/mol. The van der Waals surface area contributed by atoms with E-state index in [1.165, 1.54) is 18.4 Å². The molecular formula is C84H117N5O13. The van der Waals surface area contributed by atoms with Gasteiger partial charge in [0, 0.05) is 56.9 Å². The molecule has 2 heterocycles. The van der Waals surface area contributed by atoms with Gasteiger partial charge < -0.3 is 73.5 Å². The highest BCUT2D eigenvalue weighted by atomic mass is 16.6. The number of benzene rings is 7. The standard InChI is InChI=1S/C25H34N2O3.C24H32N2O3.C16H25NO4.C10H14O.C9H12O2/c1-20(2)30-24-13-5-4-12-23(24)29-17-9-14-26-19-21-10-8-11-22(18-21)25(28)27-15-6-3-7-16-27;1-19(2)29-23-12-5-4-11-22(23)28-16-13-25-18-20-9-8-10-21(17-20)24(27)26-14-6-3-7-15-26;1-12(2)20-14-9-7-6-8-13(14)19-11-10-17-15(18)21-16(3,4)5;1-8(2)11-10-7-5-4-6-9(10)3;1-7(2)11-9-6-4-3-5-8(9)10/h4-5,8,10-13,18,20,26H,3,6-7,9,14-17,19H2,1-2H3;4-5,8-12,17,19,25H,3,6-7,13-16,18H2,1-2H3;6-9,12H,10-11H2,1-5H3,(H,17,18);4-8H,1-3H3;3-7,10H,1-2H3. The molecule has 4 N–H and O–H groups in total. The first-order chi connectivity index (χ1) is 48.9. The molecule has 0 unspecified atom stereocenters. The predicted molar refractivity (Wildman–Crippen MR) is 409 cm³/mol. The summed E-state index contributed by atoms with van der Waals surface area (Å²) in [6, 6.07) is 53.9. The number of ether oxygens (including phenoxy) is 9. The molecule has 9 rings (SSSR count). The number of piperidine rings is 2. The first kappa shape index (κ1) is 83.5. The van der Waals surface area contributed by atoms with Crippen molar-refractivity contribution < 1.29 is 62.1 Å². The average Bonchev–Trinajstić information content (AvgIpc) is 0.860. The third-order valence-electron chi connectivity index (χ3n) is 14.9.